The number of likely N-dealkylation sites (N-methyl/N-ethyl adjacent to an activating group) is 1. The Labute approximate surface area is 182 Å². The number of unbranched alkanes of at least 4 members (excludes halogenated alkanes) is 12. The Bertz CT molecular complexity index is 369. The number of allylic oxidation sites excluding steroid dienone is 2. The summed E-state index contributed by atoms with van der Waals surface area (Å²) >= 11 is 0. The number of hydrogen-bond donors (Lipinski definition) is 3. The first-order valence-electron chi connectivity index (χ1n) is 12.6. The Morgan fingerprint density at radius 3 is 1.86 bits per heavy atom. The third-order valence-corrected chi connectivity index (χ3v) is 5.34. The van der Waals surface area contributed by atoms with E-state index in [-0.39, 0.29) is 5.91 Å². The highest BCUT2D eigenvalue weighted by molar-refractivity contribution is 5.75. The van der Waals surface area contributed by atoms with E-state index in [0.717, 1.165) is 26.2 Å². The third-order valence-electron chi connectivity index (χ3n) is 5.34. The lowest BCUT2D eigenvalue weighted by atomic mass is 10.1. The van der Waals surface area contributed by atoms with Crippen molar-refractivity contribution in [3.63, 3.8) is 0 Å². The van der Waals surface area contributed by atoms with Crippen molar-refractivity contribution in [1.29, 1.82) is 0 Å². The van der Waals surface area contributed by atoms with Gasteiger partial charge in [0.15, 0.2) is 0 Å². The van der Waals surface area contributed by atoms with Crippen molar-refractivity contribution in [2.75, 3.05) is 40.3 Å². The molecule has 0 rings (SSSR count). The normalized spacial score (nSPS) is 11.6. The van der Waals surface area contributed by atoms with Gasteiger partial charge in [-0.2, -0.15) is 0 Å². The maximum Gasteiger partial charge on any atom is 0.221 e. The number of carbonyl (C=O) groups excluding carboxylic acids is 1. The highest BCUT2D eigenvalue weighted by atomic mass is 16.1. The van der Waals surface area contributed by atoms with E-state index < -0.39 is 0 Å². The van der Waals surface area contributed by atoms with Gasteiger partial charge in [0, 0.05) is 13.0 Å². The lowest BCUT2D eigenvalue weighted by Gasteiger charge is -2.09. The Morgan fingerprint density at radius 1 is 0.724 bits per heavy atom. The maximum atomic E-state index is 11.6. The third kappa shape index (κ3) is 25.1. The first kappa shape index (κ1) is 28.1. The summed E-state index contributed by atoms with van der Waals surface area (Å²) in [6, 6.07) is 0. The van der Waals surface area contributed by atoms with Gasteiger partial charge < -0.3 is 15.5 Å². The van der Waals surface area contributed by atoms with Crippen LogP contribution in [0.5, 0.6) is 0 Å². The summed E-state index contributed by atoms with van der Waals surface area (Å²) in [6.45, 7) is 5.87. The number of rotatable bonds is 22. The SMILES string of the molecule is CCCCCCCC/C=C\CCCCCCCCNCCC(=O)NCC[NH+](C)C. The Hall–Kier alpha value is -0.870. The fourth-order valence-electron chi connectivity index (χ4n) is 3.36. The predicted molar refractivity (Wildman–Crippen MR) is 128 cm³/mol. The minimum absolute atomic E-state index is 0.166. The molecule has 0 atom stereocenters. The zero-order valence-corrected chi connectivity index (χ0v) is 20.0. The van der Waals surface area contributed by atoms with E-state index in [0.29, 0.717) is 6.42 Å². The summed E-state index contributed by atoms with van der Waals surface area (Å²) in [5, 5.41) is 6.36. The molecule has 0 aromatic carbocycles. The largest absolute Gasteiger partial charge is 0.350 e. The van der Waals surface area contributed by atoms with Crippen LogP contribution in [0.4, 0.5) is 0 Å². The second kappa shape index (κ2) is 23.4. The van der Waals surface area contributed by atoms with E-state index in [1.807, 2.05) is 0 Å². The second-order valence-electron chi connectivity index (χ2n) is 8.74. The van der Waals surface area contributed by atoms with Crippen molar-refractivity contribution in [2.24, 2.45) is 0 Å². The Kier molecular flexibility index (Phi) is 22.7. The van der Waals surface area contributed by atoms with Crippen molar-refractivity contribution in [1.82, 2.24) is 10.6 Å². The van der Waals surface area contributed by atoms with Crippen LogP contribution in [0, 0.1) is 0 Å². The molecule has 29 heavy (non-hydrogen) atoms. The van der Waals surface area contributed by atoms with Crippen LogP contribution < -0.4 is 15.5 Å². The molecule has 172 valence electrons. The molecule has 0 aliphatic carbocycles. The number of hydrogen-bond acceptors (Lipinski definition) is 2. The van der Waals surface area contributed by atoms with Crippen LogP contribution in [0.2, 0.25) is 0 Å². The fourth-order valence-corrected chi connectivity index (χ4v) is 3.36. The average Bonchev–Trinajstić information content (AvgIpc) is 2.69. The molecule has 0 aromatic heterocycles. The second-order valence-corrected chi connectivity index (χ2v) is 8.74. The van der Waals surface area contributed by atoms with Crippen LogP contribution in [0.1, 0.15) is 103 Å². The summed E-state index contributed by atoms with van der Waals surface area (Å²) in [5.41, 5.74) is 0. The molecule has 0 aromatic rings. The van der Waals surface area contributed by atoms with Crippen LogP contribution in [0.3, 0.4) is 0 Å². The summed E-state index contributed by atoms with van der Waals surface area (Å²) in [5.74, 6) is 0.166. The molecule has 0 unspecified atom stereocenters. The van der Waals surface area contributed by atoms with Crippen LogP contribution >= 0.6 is 0 Å². The first-order valence-corrected chi connectivity index (χ1v) is 12.6. The van der Waals surface area contributed by atoms with Gasteiger partial charge in [-0.05, 0) is 38.6 Å². The van der Waals surface area contributed by atoms with Gasteiger partial charge >= 0.3 is 0 Å². The van der Waals surface area contributed by atoms with Crippen molar-refractivity contribution < 1.29 is 9.69 Å². The molecule has 3 N–H and O–H groups in total. The van der Waals surface area contributed by atoms with Crippen LogP contribution in [0.25, 0.3) is 0 Å². The van der Waals surface area contributed by atoms with Crippen LogP contribution in [-0.2, 0) is 4.79 Å². The monoisotopic (exact) mass is 410 g/mol. The molecule has 0 radical (unpaired) electrons. The molecule has 0 bridgehead atoms. The Morgan fingerprint density at radius 2 is 1.28 bits per heavy atom. The van der Waals surface area contributed by atoms with Crippen molar-refractivity contribution in [2.45, 2.75) is 103 Å². The molecule has 0 spiro atoms. The molecule has 0 saturated heterocycles. The minimum atomic E-state index is 0.166. The van der Waals surface area contributed by atoms with Crippen LogP contribution in [-0.4, -0.2) is 46.2 Å². The van der Waals surface area contributed by atoms with Gasteiger partial charge in [-0.3, -0.25) is 4.79 Å². The molecule has 4 heteroatoms. The van der Waals surface area contributed by atoms with Gasteiger partial charge in [0.2, 0.25) is 5.91 Å². The van der Waals surface area contributed by atoms with Gasteiger partial charge in [0.05, 0.1) is 27.2 Å². The van der Waals surface area contributed by atoms with Crippen molar-refractivity contribution in [3.8, 4) is 0 Å². The van der Waals surface area contributed by atoms with Gasteiger partial charge in [0.25, 0.3) is 0 Å². The lowest BCUT2D eigenvalue weighted by molar-refractivity contribution is -0.856. The molecular weight excluding hydrogens is 358 g/mol. The maximum absolute atomic E-state index is 11.6. The number of nitrogens with one attached hydrogen (secondary N) is 3. The molecular formula is C25H52N3O+. The molecule has 0 fully saturated rings. The fraction of sp³-hybridized carbons (Fsp3) is 0.880. The van der Waals surface area contributed by atoms with E-state index in [1.165, 1.54) is 94.8 Å². The molecule has 0 aliphatic rings. The van der Waals surface area contributed by atoms with E-state index in [9.17, 15) is 4.79 Å². The van der Waals surface area contributed by atoms with Crippen molar-refractivity contribution in [3.05, 3.63) is 12.2 Å². The van der Waals surface area contributed by atoms with E-state index in [1.54, 1.807) is 0 Å². The van der Waals surface area contributed by atoms with Gasteiger partial charge in [-0.15, -0.1) is 0 Å². The van der Waals surface area contributed by atoms with E-state index in [4.69, 9.17) is 0 Å². The average molecular weight is 411 g/mol. The minimum Gasteiger partial charge on any atom is -0.350 e. The molecule has 4 nitrogen and oxygen atoms in total. The summed E-state index contributed by atoms with van der Waals surface area (Å²) in [6.07, 6.45) is 24.2. The summed E-state index contributed by atoms with van der Waals surface area (Å²) in [7, 11) is 4.20. The molecule has 0 heterocycles. The zero-order chi connectivity index (χ0) is 21.4. The number of quaternary nitrogens is 1. The quantitative estimate of drug-likeness (QED) is 0.184. The smallest absolute Gasteiger partial charge is 0.221 e. The van der Waals surface area contributed by atoms with E-state index in [2.05, 4.69) is 43.8 Å². The number of amides is 1. The number of carbonyl (C=O) groups is 1. The predicted octanol–water partition coefficient (Wildman–Crippen LogP) is 4.26. The lowest BCUT2D eigenvalue weighted by Crippen LogP contribution is -3.06. The standard InChI is InChI=1S/C25H51N3O/c1-4-5-6-7-8-9-10-11-12-13-14-15-16-17-18-19-21-26-22-20-25(29)27-23-24-28(2)3/h11-12,26H,4-10,13-24H2,1-3H3,(H,27,29)/p+1/b12-11-. The first-order chi connectivity index (χ1) is 14.2. The van der Waals surface area contributed by atoms with Crippen molar-refractivity contribution >= 4 is 5.91 Å². The highest BCUT2D eigenvalue weighted by Gasteiger charge is 2.01. The molecule has 0 aliphatic heterocycles. The van der Waals surface area contributed by atoms with Gasteiger partial charge in [-0.1, -0.05) is 76.9 Å². The summed E-state index contributed by atoms with van der Waals surface area (Å²) < 4.78 is 0. The van der Waals surface area contributed by atoms with E-state index >= 15 is 0 Å². The van der Waals surface area contributed by atoms with Gasteiger partial charge in [0.1, 0.15) is 0 Å². The Balaban J connectivity index is 3.16. The molecule has 0 saturated carbocycles. The van der Waals surface area contributed by atoms with Crippen LogP contribution in [0.15, 0.2) is 12.2 Å². The van der Waals surface area contributed by atoms with Gasteiger partial charge in [-0.25, -0.2) is 0 Å². The zero-order valence-electron chi connectivity index (χ0n) is 20.0. The summed E-state index contributed by atoms with van der Waals surface area (Å²) in [4.78, 5) is 13.0. The topological polar surface area (TPSA) is 45.6 Å². The molecule has 1 amide bonds. The highest BCUT2D eigenvalue weighted by Crippen LogP contribution is 2.09.